The van der Waals surface area contributed by atoms with Crippen LogP contribution in [-0.2, 0) is 40.8 Å². The summed E-state index contributed by atoms with van der Waals surface area (Å²) in [5.41, 5.74) is 0.815. The summed E-state index contributed by atoms with van der Waals surface area (Å²) in [6.07, 6.45) is 4.99. The molecule has 2 nitrogen and oxygen atoms in total. The molecule has 0 aliphatic carbocycles. The van der Waals surface area contributed by atoms with Crippen molar-refractivity contribution < 1.29 is 45.4 Å². The molecule has 1 aromatic heterocycles. The maximum atomic E-state index is 4.28. The first-order valence-electron chi connectivity index (χ1n) is 1.61. The van der Waals surface area contributed by atoms with Gasteiger partial charge in [0.15, 0.2) is 0 Å². The number of aryl methyl sites for hydroxylation is 1. The van der Waals surface area contributed by atoms with Crippen LogP contribution in [-0.4, -0.2) is 5.16 Å². The molecule has 0 aromatic carbocycles. The Balaban J connectivity index is 0. The van der Waals surface area contributed by atoms with E-state index in [1.54, 1.807) is 0 Å². The molecule has 0 aliphatic rings. The summed E-state index contributed by atoms with van der Waals surface area (Å²) in [6, 6.07) is 0. The van der Waals surface area contributed by atoms with Crippen molar-refractivity contribution in [3.05, 3.63) is 18.0 Å². The standard InChI is InChI=1S/C4H3NO.2Re/c1-4-2-5-6-3-4;;/h1H3;;/q-2;;. The van der Waals surface area contributed by atoms with Crippen LogP contribution in [0.1, 0.15) is 5.56 Å². The monoisotopic (exact) mass is 455 g/mol. The van der Waals surface area contributed by atoms with E-state index in [9.17, 15) is 0 Å². The van der Waals surface area contributed by atoms with Gasteiger partial charge in [0.1, 0.15) is 0 Å². The molecule has 2 radical (unpaired) electrons. The van der Waals surface area contributed by atoms with E-state index < -0.39 is 0 Å². The van der Waals surface area contributed by atoms with Crippen molar-refractivity contribution in [3.8, 4) is 0 Å². The fraction of sp³-hybridized carbons (Fsp3) is 0.250. The Hall–Kier alpha value is 0.535. The topological polar surface area (TPSA) is 26.0 Å². The largest absolute Gasteiger partial charge is 0.599 e. The van der Waals surface area contributed by atoms with Crippen LogP contribution >= 0.6 is 0 Å². The molecule has 0 saturated carbocycles. The maximum Gasteiger partial charge on any atom is 0 e. The first kappa shape index (κ1) is 11.3. The Kier molecular flexibility index (Phi) is 8.04. The summed E-state index contributed by atoms with van der Waals surface area (Å²) in [5.74, 6) is 0. The van der Waals surface area contributed by atoms with E-state index in [1.165, 1.54) is 0 Å². The zero-order valence-electron chi connectivity index (χ0n) is 4.11. The Morgan fingerprint density at radius 3 is 2.25 bits per heavy atom. The van der Waals surface area contributed by atoms with Crippen molar-refractivity contribution in [2.45, 2.75) is 6.92 Å². The molecule has 0 aliphatic heterocycles. The van der Waals surface area contributed by atoms with Gasteiger partial charge in [-0.25, -0.2) is 0 Å². The number of rotatable bonds is 0. The molecule has 1 heterocycles. The van der Waals surface area contributed by atoms with E-state index in [1.807, 2.05) is 6.92 Å². The van der Waals surface area contributed by atoms with Crippen molar-refractivity contribution in [1.29, 1.82) is 0 Å². The summed E-state index contributed by atoms with van der Waals surface area (Å²) >= 11 is 0. The minimum Gasteiger partial charge on any atom is -0.599 e. The van der Waals surface area contributed by atoms with E-state index in [4.69, 9.17) is 0 Å². The molecule has 0 fully saturated rings. The molecule has 0 spiro atoms. The molecule has 0 N–H and O–H groups in total. The van der Waals surface area contributed by atoms with Gasteiger partial charge in [0.25, 0.3) is 0 Å². The second-order valence-electron chi connectivity index (χ2n) is 1.02. The summed E-state index contributed by atoms with van der Waals surface area (Å²) in [5, 5.41) is 3.27. The summed E-state index contributed by atoms with van der Waals surface area (Å²) in [7, 11) is 0. The van der Waals surface area contributed by atoms with Crippen molar-refractivity contribution >= 4 is 0 Å². The van der Waals surface area contributed by atoms with Gasteiger partial charge in [0.05, 0.1) is 0 Å². The molecular weight excluding hydrogens is 450 g/mol. The van der Waals surface area contributed by atoms with Crippen LogP contribution in [0.25, 0.3) is 0 Å². The average Bonchev–Trinajstić information content (AvgIpc) is 1.86. The van der Waals surface area contributed by atoms with E-state index in [2.05, 4.69) is 22.1 Å². The van der Waals surface area contributed by atoms with Gasteiger partial charge in [-0.1, -0.05) is 6.92 Å². The predicted molar refractivity (Wildman–Crippen MR) is 18.9 cm³/mol. The van der Waals surface area contributed by atoms with Gasteiger partial charge in [-0.3, -0.25) is 6.26 Å². The van der Waals surface area contributed by atoms with Crippen molar-refractivity contribution in [2.75, 3.05) is 0 Å². The van der Waals surface area contributed by atoms with Crippen LogP contribution in [0, 0.1) is 19.4 Å². The molecule has 0 bridgehead atoms. The van der Waals surface area contributed by atoms with Crippen LogP contribution in [0.15, 0.2) is 4.52 Å². The van der Waals surface area contributed by atoms with Gasteiger partial charge in [0, 0.05) is 40.8 Å². The Labute approximate surface area is 75.3 Å². The van der Waals surface area contributed by atoms with Crippen LogP contribution in [0.4, 0.5) is 0 Å². The molecule has 0 unspecified atom stereocenters. The molecule has 0 saturated heterocycles. The number of aromatic nitrogens is 1. The summed E-state index contributed by atoms with van der Waals surface area (Å²) in [6.45, 7) is 1.82. The molecule has 4 heteroatoms. The zero-order chi connectivity index (χ0) is 4.41. The third kappa shape index (κ3) is 3.53. The maximum absolute atomic E-state index is 4.28. The first-order valence-corrected chi connectivity index (χ1v) is 1.61. The quantitative estimate of drug-likeness (QED) is 0.538. The van der Waals surface area contributed by atoms with E-state index in [0.717, 1.165) is 5.56 Å². The van der Waals surface area contributed by atoms with Crippen molar-refractivity contribution in [2.24, 2.45) is 0 Å². The van der Waals surface area contributed by atoms with Gasteiger partial charge < -0.3 is 21.4 Å². The van der Waals surface area contributed by atoms with Gasteiger partial charge in [-0.05, 0) is 0 Å². The first-order chi connectivity index (χ1) is 2.89. The Bertz CT molecular complexity index is 118. The van der Waals surface area contributed by atoms with E-state index >= 15 is 0 Å². The van der Waals surface area contributed by atoms with Crippen molar-refractivity contribution in [3.63, 3.8) is 0 Å². The molecule has 46 valence electrons. The van der Waals surface area contributed by atoms with E-state index in [0.29, 0.717) is 0 Å². The molecule has 8 heavy (non-hydrogen) atoms. The Morgan fingerprint density at radius 1 is 1.50 bits per heavy atom. The number of hydrogen-bond acceptors (Lipinski definition) is 2. The van der Waals surface area contributed by atoms with Crippen molar-refractivity contribution in [1.82, 2.24) is 5.16 Å². The molecule has 0 amide bonds. The Morgan fingerprint density at radius 2 is 2.12 bits per heavy atom. The van der Waals surface area contributed by atoms with Crippen LogP contribution in [0.3, 0.4) is 0 Å². The zero-order valence-corrected chi connectivity index (χ0v) is 9.54. The molecule has 1 aromatic rings. The van der Waals surface area contributed by atoms with Crippen LogP contribution in [0.5, 0.6) is 0 Å². The second kappa shape index (κ2) is 5.67. The number of hydrogen-bond donors (Lipinski definition) is 0. The third-order valence-electron chi connectivity index (χ3n) is 0.458. The van der Waals surface area contributed by atoms with E-state index in [-0.39, 0.29) is 40.8 Å². The van der Waals surface area contributed by atoms with Gasteiger partial charge >= 0.3 is 0 Å². The fourth-order valence-corrected chi connectivity index (χ4v) is 0.205. The minimum atomic E-state index is 0. The predicted octanol–water partition coefficient (Wildman–Crippen LogP) is 0.578. The summed E-state index contributed by atoms with van der Waals surface area (Å²) in [4.78, 5) is 0. The van der Waals surface area contributed by atoms with Crippen LogP contribution < -0.4 is 0 Å². The molecule has 0 atom stereocenters. The molecule has 1 rings (SSSR count). The van der Waals surface area contributed by atoms with Gasteiger partial charge in [0.2, 0.25) is 0 Å². The van der Waals surface area contributed by atoms with Gasteiger partial charge in [-0.15, -0.1) is 0 Å². The third-order valence-corrected chi connectivity index (χ3v) is 0.458. The minimum absolute atomic E-state index is 0. The smallest absolute Gasteiger partial charge is 0 e. The van der Waals surface area contributed by atoms with Gasteiger partial charge in [-0.2, -0.15) is 0 Å². The summed E-state index contributed by atoms with van der Waals surface area (Å²) < 4.78 is 4.28. The SMILES string of the molecule is Cc1[c-]no[c-]1.[Re].[Re]. The van der Waals surface area contributed by atoms with Crippen LogP contribution in [0.2, 0.25) is 0 Å². The average molecular weight is 453 g/mol. The second-order valence-corrected chi connectivity index (χ2v) is 1.02. The normalized spacial score (nSPS) is 6.62. The molecular formula is C4H3NORe2-2. The number of nitrogens with zero attached hydrogens (tertiary/aromatic N) is 1. The fourth-order valence-electron chi connectivity index (χ4n) is 0.205.